The topological polar surface area (TPSA) is 81.7 Å². The molecule has 0 aliphatic heterocycles. The molecule has 0 fully saturated rings. The van der Waals surface area contributed by atoms with Crippen molar-refractivity contribution in [1.29, 1.82) is 0 Å². The molecule has 30 heavy (non-hydrogen) atoms. The molecule has 1 unspecified atom stereocenters. The van der Waals surface area contributed by atoms with Crippen molar-refractivity contribution in [3.8, 4) is 5.75 Å². The Hall–Kier alpha value is -3.13. The Labute approximate surface area is 174 Å². The molecule has 6 nitrogen and oxygen atoms in total. The van der Waals surface area contributed by atoms with Crippen molar-refractivity contribution in [3.05, 3.63) is 65.9 Å². The SMILES string of the molecule is CCNC(=NCC(O)COc1ccc(F)cc1)NCCc1c[nH]c2cc(F)ccc12. The summed E-state index contributed by atoms with van der Waals surface area (Å²) in [6.07, 6.45) is 1.81. The largest absolute Gasteiger partial charge is 0.491 e. The highest BCUT2D eigenvalue weighted by Crippen LogP contribution is 2.19. The van der Waals surface area contributed by atoms with Crippen molar-refractivity contribution in [2.75, 3.05) is 26.2 Å². The van der Waals surface area contributed by atoms with Gasteiger partial charge in [0, 0.05) is 30.2 Å². The molecule has 3 rings (SSSR count). The molecule has 0 bridgehead atoms. The van der Waals surface area contributed by atoms with Crippen LogP contribution in [-0.2, 0) is 6.42 Å². The van der Waals surface area contributed by atoms with Crippen LogP contribution in [0.25, 0.3) is 10.9 Å². The lowest BCUT2D eigenvalue weighted by Crippen LogP contribution is -2.39. The van der Waals surface area contributed by atoms with Gasteiger partial charge < -0.3 is 25.5 Å². The Morgan fingerprint density at radius 1 is 1.13 bits per heavy atom. The number of fused-ring (bicyclic) bond motifs is 1. The maximum absolute atomic E-state index is 13.3. The number of nitrogens with one attached hydrogen (secondary N) is 3. The third-order valence-corrected chi connectivity index (χ3v) is 4.48. The standard InChI is InChI=1S/C22H26F2N4O2/c1-2-25-22(28-13-18(29)14-30-19-6-3-16(23)4-7-19)26-10-9-15-12-27-21-11-17(24)5-8-20(15)21/h3-8,11-12,18,27,29H,2,9-10,13-14H2,1H3,(H2,25,26,28). The highest BCUT2D eigenvalue weighted by Gasteiger charge is 2.08. The number of ether oxygens (including phenoxy) is 1. The minimum absolute atomic E-state index is 0.0560. The van der Waals surface area contributed by atoms with Crippen LogP contribution in [0.4, 0.5) is 8.78 Å². The number of aliphatic hydroxyl groups is 1. The molecule has 0 saturated carbocycles. The van der Waals surface area contributed by atoms with Crippen molar-refractivity contribution in [1.82, 2.24) is 15.6 Å². The summed E-state index contributed by atoms with van der Waals surface area (Å²) in [6.45, 7) is 3.47. The van der Waals surface area contributed by atoms with E-state index in [1.807, 2.05) is 13.1 Å². The van der Waals surface area contributed by atoms with Crippen LogP contribution in [0, 0.1) is 11.6 Å². The molecule has 1 heterocycles. The zero-order chi connectivity index (χ0) is 21.3. The summed E-state index contributed by atoms with van der Waals surface area (Å²) in [7, 11) is 0. The number of H-pyrrole nitrogens is 1. The Morgan fingerprint density at radius 3 is 2.67 bits per heavy atom. The highest BCUT2D eigenvalue weighted by atomic mass is 19.1. The molecule has 0 radical (unpaired) electrons. The van der Waals surface area contributed by atoms with Crippen LogP contribution < -0.4 is 15.4 Å². The van der Waals surface area contributed by atoms with Gasteiger partial charge in [-0.2, -0.15) is 0 Å². The first kappa shape index (κ1) is 21.6. The summed E-state index contributed by atoms with van der Waals surface area (Å²) in [5, 5.41) is 17.5. The molecule has 3 aromatic rings. The number of hydrogen-bond acceptors (Lipinski definition) is 3. The first-order valence-corrected chi connectivity index (χ1v) is 9.89. The third kappa shape index (κ3) is 6.18. The van der Waals surface area contributed by atoms with Crippen molar-refractivity contribution >= 4 is 16.9 Å². The number of nitrogens with zero attached hydrogens (tertiary/aromatic N) is 1. The first-order valence-electron chi connectivity index (χ1n) is 9.89. The van der Waals surface area contributed by atoms with E-state index < -0.39 is 6.10 Å². The first-order chi connectivity index (χ1) is 14.5. The number of benzene rings is 2. The van der Waals surface area contributed by atoms with Gasteiger partial charge in [-0.1, -0.05) is 0 Å². The molecule has 1 atom stereocenters. The van der Waals surface area contributed by atoms with Crippen LogP contribution >= 0.6 is 0 Å². The predicted molar refractivity (Wildman–Crippen MR) is 114 cm³/mol. The van der Waals surface area contributed by atoms with Gasteiger partial charge in [0.1, 0.15) is 30.1 Å². The fourth-order valence-corrected chi connectivity index (χ4v) is 3.00. The second-order valence-electron chi connectivity index (χ2n) is 6.82. The molecule has 1 aromatic heterocycles. The molecule has 0 aliphatic rings. The Bertz CT molecular complexity index is 973. The van der Waals surface area contributed by atoms with E-state index in [0.717, 1.165) is 22.9 Å². The average Bonchev–Trinajstić information content (AvgIpc) is 3.13. The van der Waals surface area contributed by atoms with E-state index in [0.29, 0.717) is 24.8 Å². The maximum Gasteiger partial charge on any atom is 0.191 e. The van der Waals surface area contributed by atoms with Gasteiger partial charge in [-0.25, -0.2) is 8.78 Å². The number of guanidine groups is 1. The molecular formula is C22H26F2N4O2. The van der Waals surface area contributed by atoms with Crippen molar-refractivity contribution in [2.24, 2.45) is 4.99 Å². The lowest BCUT2D eigenvalue weighted by molar-refractivity contribution is 0.114. The average molecular weight is 416 g/mol. The number of rotatable bonds is 9. The minimum Gasteiger partial charge on any atom is -0.491 e. The second kappa shape index (κ2) is 10.6. The summed E-state index contributed by atoms with van der Waals surface area (Å²) in [4.78, 5) is 7.46. The van der Waals surface area contributed by atoms with Gasteiger partial charge in [-0.05, 0) is 61.4 Å². The van der Waals surface area contributed by atoms with E-state index in [2.05, 4.69) is 20.6 Å². The van der Waals surface area contributed by atoms with Crippen molar-refractivity contribution in [3.63, 3.8) is 0 Å². The molecule has 0 saturated heterocycles. The number of aliphatic hydroxyl groups excluding tert-OH is 1. The summed E-state index contributed by atoms with van der Waals surface area (Å²) in [5.74, 6) is 0.471. The number of halogens is 2. The van der Waals surface area contributed by atoms with Crippen LogP contribution in [0.5, 0.6) is 5.75 Å². The van der Waals surface area contributed by atoms with Gasteiger partial charge in [-0.3, -0.25) is 4.99 Å². The van der Waals surface area contributed by atoms with Crippen LogP contribution in [0.2, 0.25) is 0 Å². The molecule has 2 aromatic carbocycles. The second-order valence-corrected chi connectivity index (χ2v) is 6.82. The van der Waals surface area contributed by atoms with E-state index in [1.54, 1.807) is 6.07 Å². The molecule has 160 valence electrons. The fourth-order valence-electron chi connectivity index (χ4n) is 3.00. The summed E-state index contributed by atoms with van der Waals surface area (Å²) in [5.41, 5.74) is 1.86. The molecule has 4 N–H and O–H groups in total. The lowest BCUT2D eigenvalue weighted by atomic mass is 10.1. The summed E-state index contributed by atoms with van der Waals surface area (Å²) < 4.78 is 31.6. The maximum atomic E-state index is 13.3. The highest BCUT2D eigenvalue weighted by molar-refractivity contribution is 5.83. The summed E-state index contributed by atoms with van der Waals surface area (Å²) >= 11 is 0. The van der Waals surface area contributed by atoms with Crippen LogP contribution in [0.3, 0.4) is 0 Å². The monoisotopic (exact) mass is 416 g/mol. The molecule has 0 amide bonds. The van der Waals surface area contributed by atoms with E-state index in [4.69, 9.17) is 4.74 Å². The molecule has 8 heteroatoms. The normalized spacial score (nSPS) is 12.7. The van der Waals surface area contributed by atoms with Crippen molar-refractivity contribution < 1.29 is 18.6 Å². The van der Waals surface area contributed by atoms with Crippen LogP contribution in [0.1, 0.15) is 12.5 Å². The number of aliphatic imine (C=N–C) groups is 1. The zero-order valence-corrected chi connectivity index (χ0v) is 16.8. The van der Waals surface area contributed by atoms with Gasteiger partial charge >= 0.3 is 0 Å². The van der Waals surface area contributed by atoms with E-state index in [-0.39, 0.29) is 24.8 Å². The zero-order valence-electron chi connectivity index (χ0n) is 16.8. The number of aromatic amines is 1. The predicted octanol–water partition coefficient (Wildman–Crippen LogP) is 2.98. The third-order valence-electron chi connectivity index (χ3n) is 4.48. The minimum atomic E-state index is -0.797. The van der Waals surface area contributed by atoms with E-state index >= 15 is 0 Å². The lowest BCUT2D eigenvalue weighted by Gasteiger charge is -2.14. The molecule has 0 spiro atoms. The van der Waals surface area contributed by atoms with Gasteiger partial charge in [0.15, 0.2) is 5.96 Å². The fraction of sp³-hybridized carbons (Fsp3) is 0.318. The number of hydrogen-bond donors (Lipinski definition) is 4. The smallest absolute Gasteiger partial charge is 0.191 e. The van der Waals surface area contributed by atoms with Crippen LogP contribution in [0.15, 0.2) is 53.7 Å². The number of aromatic nitrogens is 1. The molecular weight excluding hydrogens is 390 g/mol. The Kier molecular flexibility index (Phi) is 7.62. The Balaban J connectivity index is 1.47. The summed E-state index contributed by atoms with van der Waals surface area (Å²) in [6, 6.07) is 10.3. The van der Waals surface area contributed by atoms with Crippen molar-refractivity contribution in [2.45, 2.75) is 19.4 Å². The van der Waals surface area contributed by atoms with Gasteiger partial charge in [0.05, 0.1) is 6.54 Å². The van der Waals surface area contributed by atoms with Gasteiger partial charge in [0.25, 0.3) is 0 Å². The van der Waals surface area contributed by atoms with E-state index in [9.17, 15) is 13.9 Å². The Morgan fingerprint density at radius 2 is 1.90 bits per heavy atom. The molecule has 0 aliphatic carbocycles. The quantitative estimate of drug-likeness (QED) is 0.319. The van der Waals surface area contributed by atoms with Crippen LogP contribution in [-0.4, -0.2) is 48.4 Å². The van der Waals surface area contributed by atoms with Gasteiger partial charge in [-0.15, -0.1) is 0 Å². The van der Waals surface area contributed by atoms with E-state index in [1.165, 1.54) is 36.4 Å². The van der Waals surface area contributed by atoms with Gasteiger partial charge in [0.2, 0.25) is 0 Å².